The highest BCUT2D eigenvalue weighted by Gasteiger charge is 2.17. The summed E-state index contributed by atoms with van der Waals surface area (Å²) in [6, 6.07) is 17.4. The van der Waals surface area contributed by atoms with Gasteiger partial charge in [0.05, 0.1) is 12.2 Å². The van der Waals surface area contributed by atoms with Gasteiger partial charge in [-0.05, 0) is 36.3 Å². The number of rotatable bonds is 7. The molecule has 2 rings (SSSR count). The van der Waals surface area contributed by atoms with Gasteiger partial charge in [0.15, 0.2) is 0 Å². The number of carbonyl (C=O) groups is 1. The van der Waals surface area contributed by atoms with Crippen molar-refractivity contribution in [2.24, 2.45) is 0 Å². The van der Waals surface area contributed by atoms with Crippen LogP contribution in [-0.2, 0) is 4.79 Å². The number of aliphatic carboxylic acids is 1. The lowest BCUT2D eigenvalue weighted by atomic mass is 9.88. The predicted octanol–water partition coefficient (Wildman–Crippen LogP) is 4.99. The van der Waals surface area contributed by atoms with E-state index in [9.17, 15) is 9.90 Å². The molecule has 1 N–H and O–H groups in total. The molecule has 2 aromatic rings. The predicted molar refractivity (Wildman–Crippen MR) is 91.7 cm³/mol. The maximum atomic E-state index is 11.2. The van der Waals surface area contributed by atoms with E-state index in [2.05, 4.69) is 0 Å². The molecule has 0 saturated heterocycles. The Bertz CT molecular complexity index is 657. The summed E-state index contributed by atoms with van der Waals surface area (Å²) in [4.78, 5) is 11.2. The number of hydrogen-bond acceptors (Lipinski definition) is 2. The van der Waals surface area contributed by atoms with E-state index in [0.29, 0.717) is 0 Å². The zero-order valence-electron chi connectivity index (χ0n) is 13.5. The van der Waals surface area contributed by atoms with Gasteiger partial charge in [0.1, 0.15) is 5.75 Å². The summed E-state index contributed by atoms with van der Waals surface area (Å²) in [6.45, 7) is 3.99. The van der Waals surface area contributed by atoms with Gasteiger partial charge < -0.3 is 9.84 Å². The standard InChI is InChI=1S/C20H22O3/c1-3-17(4-2)23-18-12-10-16(11-13-18)19(14-20(21)22)15-8-6-5-7-9-15/h3,5-13,19H,4,14H2,1-2H3,(H,21,22). The largest absolute Gasteiger partial charge is 0.481 e. The Morgan fingerprint density at radius 1 is 1.09 bits per heavy atom. The van der Waals surface area contributed by atoms with E-state index in [-0.39, 0.29) is 12.3 Å². The van der Waals surface area contributed by atoms with Crippen molar-refractivity contribution in [1.29, 1.82) is 0 Å². The van der Waals surface area contributed by atoms with Crippen molar-refractivity contribution in [3.05, 3.63) is 77.6 Å². The molecule has 0 aliphatic heterocycles. The van der Waals surface area contributed by atoms with E-state index in [1.165, 1.54) is 0 Å². The number of hydrogen-bond donors (Lipinski definition) is 1. The number of ether oxygens (including phenoxy) is 1. The molecule has 0 aromatic heterocycles. The molecule has 3 heteroatoms. The van der Waals surface area contributed by atoms with Crippen LogP contribution < -0.4 is 4.74 Å². The zero-order valence-corrected chi connectivity index (χ0v) is 13.5. The molecule has 0 heterocycles. The molecule has 0 bridgehead atoms. The molecule has 120 valence electrons. The topological polar surface area (TPSA) is 46.5 Å². The minimum absolute atomic E-state index is 0.0687. The monoisotopic (exact) mass is 310 g/mol. The zero-order chi connectivity index (χ0) is 16.7. The second kappa shape index (κ2) is 8.18. The first-order chi connectivity index (χ1) is 11.1. The van der Waals surface area contributed by atoms with Crippen molar-refractivity contribution in [3.8, 4) is 5.75 Å². The maximum absolute atomic E-state index is 11.2. The quantitative estimate of drug-likeness (QED) is 0.733. The summed E-state index contributed by atoms with van der Waals surface area (Å²) >= 11 is 0. The Balaban J connectivity index is 2.24. The average Bonchev–Trinajstić information content (AvgIpc) is 2.59. The van der Waals surface area contributed by atoms with E-state index in [1.54, 1.807) is 0 Å². The molecule has 0 aliphatic rings. The van der Waals surface area contributed by atoms with Crippen molar-refractivity contribution in [2.45, 2.75) is 32.6 Å². The van der Waals surface area contributed by atoms with E-state index in [4.69, 9.17) is 4.74 Å². The second-order valence-corrected chi connectivity index (χ2v) is 5.34. The second-order valence-electron chi connectivity index (χ2n) is 5.34. The van der Waals surface area contributed by atoms with Gasteiger partial charge in [0, 0.05) is 12.3 Å². The summed E-state index contributed by atoms with van der Waals surface area (Å²) in [7, 11) is 0. The normalized spacial score (nSPS) is 12.7. The molecule has 0 spiro atoms. The Hall–Kier alpha value is -2.55. The van der Waals surface area contributed by atoms with Crippen LogP contribution in [-0.4, -0.2) is 11.1 Å². The molecule has 0 radical (unpaired) electrons. The Morgan fingerprint density at radius 3 is 2.22 bits per heavy atom. The van der Waals surface area contributed by atoms with Gasteiger partial charge in [-0.25, -0.2) is 0 Å². The van der Waals surface area contributed by atoms with Gasteiger partial charge in [-0.15, -0.1) is 0 Å². The minimum atomic E-state index is -0.804. The molecule has 2 aromatic carbocycles. The van der Waals surface area contributed by atoms with Crippen LogP contribution in [0.5, 0.6) is 5.75 Å². The Kier molecular flexibility index (Phi) is 5.98. The molecule has 3 nitrogen and oxygen atoms in total. The van der Waals surface area contributed by atoms with Crippen LogP contribution >= 0.6 is 0 Å². The van der Waals surface area contributed by atoms with Crippen molar-refractivity contribution in [1.82, 2.24) is 0 Å². The summed E-state index contributed by atoms with van der Waals surface area (Å²) in [5.41, 5.74) is 1.98. The molecule has 0 fully saturated rings. The fraction of sp³-hybridized carbons (Fsp3) is 0.250. The minimum Gasteiger partial charge on any atom is -0.481 e. The first-order valence-corrected chi connectivity index (χ1v) is 7.83. The summed E-state index contributed by atoms with van der Waals surface area (Å²) in [5.74, 6) is 0.727. The van der Waals surface area contributed by atoms with Crippen LogP contribution in [0.3, 0.4) is 0 Å². The van der Waals surface area contributed by atoms with E-state index < -0.39 is 5.97 Å². The van der Waals surface area contributed by atoms with Crippen molar-refractivity contribution in [2.75, 3.05) is 0 Å². The molecular formula is C20H22O3. The SMILES string of the molecule is CC=C(CC)Oc1ccc(C(CC(=O)O)c2ccccc2)cc1. The van der Waals surface area contributed by atoms with Crippen LogP contribution in [0.4, 0.5) is 0 Å². The van der Waals surface area contributed by atoms with Gasteiger partial charge in [0.2, 0.25) is 0 Å². The van der Waals surface area contributed by atoms with Crippen molar-refractivity contribution >= 4 is 5.97 Å². The lowest BCUT2D eigenvalue weighted by Gasteiger charge is -2.17. The molecule has 0 amide bonds. The first-order valence-electron chi connectivity index (χ1n) is 7.83. The van der Waals surface area contributed by atoms with E-state index in [0.717, 1.165) is 29.1 Å². The third-order valence-electron chi connectivity index (χ3n) is 3.78. The maximum Gasteiger partial charge on any atom is 0.304 e. The van der Waals surface area contributed by atoms with Gasteiger partial charge in [-0.2, -0.15) is 0 Å². The van der Waals surface area contributed by atoms with E-state index >= 15 is 0 Å². The smallest absolute Gasteiger partial charge is 0.304 e. The third kappa shape index (κ3) is 4.71. The number of benzene rings is 2. The summed E-state index contributed by atoms with van der Waals surface area (Å²) in [6.07, 6.45) is 2.86. The highest BCUT2D eigenvalue weighted by atomic mass is 16.5. The van der Waals surface area contributed by atoms with Gasteiger partial charge in [-0.1, -0.05) is 49.4 Å². The van der Waals surface area contributed by atoms with Gasteiger partial charge >= 0.3 is 5.97 Å². The van der Waals surface area contributed by atoms with Gasteiger partial charge in [0.25, 0.3) is 0 Å². The van der Waals surface area contributed by atoms with Gasteiger partial charge in [-0.3, -0.25) is 4.79 Å². The van der Waals surface area contributed by atoms with Crippen molar-refractivity contribution in [3.63, 3.8) is 0 Å². The van der Waals surface area contributed by atoms with E-state index in [1.807, 2.05) is 74.5 Å². The highest BCUT2D eigenvalue weighted by molar-refractivity contribution is 5.69. The highest BCUT2D eigenvalue weighted by Crippen LogP contribution is 2.29. The lowest BCUT2D eigenvalue weighted by molar-refractivity contribution is -0.137. The first kappa shape index (κ1) is 16.8. The molecule has 1 atom stereocenters. The summed E-state index contributed by atoms with van der Waals surface area (Å²) < 4.78 is 5.78. The molecular weight excluding hydrogens is 288 g/mol. The molecule has 0 aliphatic carbocycles. The third-order valence-corrected chi connectivity index (χ3v) is 3.78. The van der Waals surface area contributed by atoms with Crippen LogP contribution in [0, 0.1) is 0 Å². The van der Waals surface area contributed by atoms with Crippen LogP contribution in [0.2, 0.25) is 0 Å². The molecule has 0 saturated carbocycles. The number of carboxylic acid groups (broad SMARTS) is 1. The molecule has 23 heavy (non-hydrogen) atoms. The fourth-order valence-electron chi connectivity index (χ4n) is 2.54. The lowest BCUT2D eigenvalue weighted by Crippen LogP contribution is -2.08. The number of carboxylic acids is 1. The average molecular weight is 310 g/mol. The van der Waals surface area contributed by atoms with Crippen molar-refractivity contribution < 1.29 is 14.6 Å². The Morgan fingerprint density at radius 2 is 1.70 bits per heavy atom. The number of allylic oxidation sites excluding steroid dienone is 2. The summed E-state index contributed by atoms with van der Waals surface area (Å²) in [5, 5.41) is 9.21. The Labute approximate surface area is 137 Å². The van der Waals surface area contributed by atoms with Crippen LogP contribution in [0.15, 0.2) is 66.4 Å². The van der Waals surface area contributed by atoms with Crippen LogP contribution in [0.1, 0.15) is 43.7 Å². The molecule has 1 unspecified atom stereocenters. The van der Waals surface area contributed by atoms with Crippen LogP contribution in [0.25, 0.3) is 0 Å². The fourth-order valence-corrected chi connectivity index (χ4v) is 2.54.